The molecule has 0 heterocycles. The largest absolute Gasteiger partial charge is 0.416 e. The van der Waals surface area contributed by atoms with Crippen molar-refractivity contribution in [3.8, 4) is 0 Å². The van der Waals surface area contributed by atoms with Crippen LogP contribution in [-0.4, -0.2) is 11.2 Å². The van der Waals surface area contributed by atoms with Crippen LogP contribution in [0.2, 0.25) is 0 Å². The molecule has 2 nitrogen and oxygen atoms in total. The Morgan fingerprint density at radius 2 is 1.82 bits per heavy atom. The van der Waals surface area contributed by atoms with Crippen LogP contribution in [0, 0.1) is 0 Å². The molecule has 0 saturated carbocycles. The molecule has 1 N–H and O–H groups in total. The van der Waals surface area contributed by atoms with Crippen molar-refractivity contribution < 1.29 is 18.0 Å². The van der Waals surface area contributed by atoms with Gasteiger partial charge in [0.25, 0.3) is 0 Å². The van der Waals surface area contributed by atoms with Crippen molar-refractivity contribution in [2.24, 2.45) is 0 Å². The summed E-state index contributed by atoms with van der Waals surface area (Å²) < 4.78 is 36.8. The highest BCUT2D eigenvalue weighted by Gasteiger charge is 2.29. The van der Waals surface area contributed by atoms with Gasteiger partial charge >= 0.3 is 6.18 Å². The van der Waals surface area contributed by atoms with Gasteiger partial charge in [0.05, 0.1) is 5.56 Å². The Kier molecular flexibility index (Phi) is 4.99. The first-order valence-corrected chi connectivity index (χ1v) is 6.04. The molecule has 0 aliphatic heterocycles. The zero-order chi connectivity index (χ0) is 12.9. The first-order valence-electron chi connectivity index (χ1n) is 4.92. The Labute approximate surface area is 105 Å². The number of halogens is 4. The Balaban J connectivity index is 2.54. The zero-order valence-corrected chi connectivity index (χ0v) is 10.4. The SMILES string of the molecule is O=C(CCBr)NCc1ccc(C(F)(F)F)cc1. The van der Waals surface area contributed by atoms with Crippen molar-refractivity contribution in [2.45, 2.75) is 19.1 Å². The fraction of sp³-hybridized carbons (Fsp3) is 0.364. The maximum absolute atomic E-state index is 12.3. The third-order valence-electron chi connectivity index (χ3n) is 2.09. The third kappa shape index (κ3) is 4.77. The van der Waals surface area contributed by atoms with E-state index in [1.54, 1.807) is 0 Å². The van der Waals surface area contributed by atoms with E-state index in [0.717, 1.165) is 12.1 Å². The van der Waals surface area contributed by atoms with E-state index in [9.17, 15) is 18.0 Å². The first kappa shape index (κ1) is 14.0. The molecule has 0 aliphatic carbocycles. The van der Waals surface area contributed by atoms with Gasteiger partial charge in [-0.05, 0) is 17.7 Å². The zero-order valence-electron chi connectivity index (χ0n) is 8.85. The van der Waals surface area contributed by atoms with E-state index >= 15 is 0 Å². The maximum atomic E-state index is 12.3. The molecule has 0 radical (unpaired) electrons. The van der Waals surface area contributed by atoms with Crippen LogP contribution in [-0.2, 0) is 17.5 Å². The number of carbonyl (C=O) groups excluding carboxylic acids is 1. The molecule has 94 valence electrons. The van der Waals surface area contributed by atoms with Gasteiger partial charge in [-0.3, -0.25) is 4.79 Å². The molecule has 0 aliphatic rings. The average molecular weight is 310 g/mol. The Morgan fingerprint density at radius 1 is 1.24 bits per heavy atom. The standard InChI is InChI=1S/C11H11BrF3NO/c12-6-5-10(17)16-7-8-1-3-9(4-2-8)11(13,14)15/h1-4H,5-7H2,(H,16,17). The fourth-order valence-electron chi connectivity index (χ4n) is 1.19. The van der Waals surface area contributed by atoms with Crippen molar-refractivity contribution in [2.75, 3.05) is 5.33 Å². The monoisotopic (exact) mass is 309 g/mol. The molecule has 0 atom stereocenters. The summed E-state index contributed by atoms with van der Waals surface area (Å²) in [5.74, 6) is -0.137. The smallest absolute Gasteiger partial charge is 0.352 e. The molecular weight excluding hydrogens is 299 g/mol. The second-order valence-electron chi connectivity index (χ2n) is 3.41. The van der Waals surface area contributed by atoms with Gasteiger partial charge in [-0.2, -0.15) is 13.2 Å². The maximum Gasteiger partial charge on any atom is 0.416 e. The van der Waals surface area contributed by atoms with E-state index < -0.39 is 11.7 Å². The topological polar surface area (TPSA) is 29.1 Å². The van der Waals surface area contributed by atoms with Gasteiger partial charge in [-0.25, -0.2) is 0 Å². The number of amides is 1. The highest BCUT2D eigenvalue weighted by molar-refractivity contribution is 9.09. The van der Waals surface area contributed by atoms with Crippen LogP contribution in [0.4, 0.5) is 13.2 Å². The summed E-state index contributed by atoms with van der Waals surface area (Å²) in [6.07, 6.45) is -3.97. The molecule has 0 spiro atoms. The number of rotatable bonds is 4. The van der Waals surface area contributed by atoms with Crippen LogP contribution in [0.5, 0.6) is 0 Å². The summed E-state index contributed by atoms with van der Waals surface area (Å²) in [6, 6.07) is 4.73. The number of benzene rings is 1. The highest BCUT2D eigenvalue weighted by atomic mass is 79.9. The number of nitrogens with one attached hydrogen (secondary N) is 1. The van der Waals surface area contributed by atoms with E-state index in [-0.39, 0.29) is 12.5 Å². The summed E-state index contributed by atoms with van der Waals surface area (Å²) in [7, 11) is 0. The Bertz CT molecular complexity index is 375. The normalized spacial score (nSPS) is 11.3. The Hall–Kier alpha value is -1.04. The van der Waals surface area contributed by atoms with Crippen molar-refractivity contribution in [1.29, 1.82) is 0 Å². The second kappa shape index (κ2) is 6.05. The molecular formula is C11H11BrF3NO. The summed E-state index contributed by atoms with van der Waals surface area (Å²) in [5.41, 5.74) is -0.0473. The quantitative estimate of drug-likeness (QED) is 0.851. The molecule has 1 aromatic rings. The van der Waals surface area contributed by atoms with E-state index in [1.165, 1.54) is 12.1 Å². The lowest BCUT2D eigenvalue weighted by atomic mass is 10.1. The molecule has 6 heteroatoms. The van der Waals surface area contributed by atoms with Crippen molar-refractivity contribution in [1.82, 2.24) is 5.32 Å². The molecule has 0 aromatic heterocycles. The molecule has 0 bridgehead atoms. The van der Waals surface area contributed by atoms with E-state index in [1.807, 2.05) is 0 Å². The van der Waals surface area contributed by atoms with Gasteiger partial charge in [0.2, 0.25) is 5.91 Å². The summed E-state index contributed by atoms with van der Waals surface area (Å²) in [6.45, 7) is 0.240. The lowest BCUT2D eigenvalue weighted by Gasteiger charge is -2.08. The van der Waals surface area contributed by atoms with Crippen LogP contribution in [0.15, 0.2) is 24.3 Å². The average Bonchev–Trinajstić information content (AvgIpc) is 2.26. The summed E-state index contributed by atoms with van der Waals surface area (Å²) >= 11 is 3.12. The number of hydrogen-bond acceptors (Lipinski definition) is 1. The van der Waals surface area contributed by atoms with E-state index in [2.05, 4.69) is 21.2 Å². The molecule has 0 unspecified atom stereocenters. The predicted octanol–water partition coefficient (Wildman–Crippen LogP) is 3.11. The fourth-order valence-corrected chi connectivity index (χ4v) is 1.55. The van der Waals surface area contributed by atoms with Crippen molar-refractivity contribution >= 4 is 21.8 Å². The van der Waals surface area contributed by atoms with Crippen LogP contribution in [0.1, 0.15) is 17.5 Å². The predicted molar refractivity (Wildman–Crippen MR) is 61.7 cm³/mol. The Morgan fingerprint density at radius 3 is 2.29 bits per heavy atom. The highest BCUT2D eigenvalue weighted by Crippen LogP contribution is 2.28. The molecule has 0 saturated heterocycles. The van der Waals surface area contributed by atoms with Crippen LogP contribution < -0.4 is 5.32 Å². The molecule has 17 heavy (non-hydrogen) atoms. The number of carbonyl (C=O) groups is 1. The lowest BCUT2D eigenvalue weighted by Crippen LogP contribution is -2.22. The van der Waals surface area contributed by atoms with Crippen LogP contribution in [0.25, 0.3) is 0 Å². The van der Waals surface area contributed by atoms with Gasteiger partial charge in [-0.15, -0.1) is 0 Å². The van der Waals surface area contributed by atoms with Gasteiger partial charge in [0.1, 0.15) is 0 Å². The van der Waals surface area contributed by atoms with Crippen molar-refractivity contribution in [3.05, 3.63) is 35.4 Å². The molecule has 1 rings (SSSR count). The van der Waals surface area contributed by atoms with Crippen molar-refractivity contribution in [3.63, 3.8) is 0 Å². The molecule has 1 aromatic carbocycles. The summed E-state index contributed by atoms with van der Waals surface area (Å²) in [4.78, 5) is 11.1. The van der Waals surface area contributed by atoms with Gasteiger partial charge in [0.15, 0.2) is 0 Å². The van der Waals surface area contributed by atoms with E-state index in [4.69, 9.17) is 0 Å². The second-order valence-corrected chi connectivity index (χ2v) is 4.20. The van der Waals surface area contributed by atoms with Crippen LogP contribution >= 0.6 is 15.9 Å². The first-order chi connectivity index (χ1) is 7.93. The van der Waals surface area contributed by atoms with E-state index in [0.29, 0.717) is 17.3 Å². The molecule has 0 fully saturated rings. The molecule has 1 amide bonds. The minimum absolute atomic E-state index is 0.137. The number of alkyl halides is 4. The van der Waals surface area contributed by atoms with Gasteiger partial charge < -0.3 is 5.32 Å². The minimum atomic E-state index is -4.32. The van der Waals surface area contributed by atoms with Gasteiger partial charge in [0, 0.05) is 18.3 Å². The number of hydrogen-bond donors (Lipinski definition) is 1. The summed E-state index contributed by atoms with van der Waals surface area (Å²) in [5, 5.41) is 3.17. The lowest BCUT2D eigenvalue weighted by molar-refractivity contribution is -0.137. The van der Waals surface area contributed by atoms with Crippen LogP contribution in [0.3, 0.4) is 0 Å². The minimum Gasteiger partial charge on any atom is -0.352 e. The van der Waals surface area contributed by atoms with Gasteiger partial charge in [-0.1, -0.05) is 28.1 Å². The third-order valence-corrected chi connectivity index (χ3v) is 2.49.